The molecule has 0 unspecified atom stereocenters. The Hall–Kier alpha value is -2.99. The van der Waals surface area contributed by atoms with Crippen molar-refractivity contribution in [1.82, 2.24) is 9.88 Å². The van der Waals surface area contributed by atoms with E-state index in [1.54, 1.807) is 0 Å². The van der Waals surface area contributed by atoms with E-state index in [2.05, 4.69) is 15.2 Å². The second kappa shape index (κ2) is 8.57. The largest absolute Gasteiger partial charge is 0.368 e. The van der Waals surface area contributed by atoms with E-state index in [9.17, 15) is 9.59 Å². The van der Waals surface area contributed by atoms with E-state index in [-0.39, 0.29) is 24.7 Å². The number of hydrogen-bond donors (Lipinski definition) is 2. The lowest BCUT2D eigenvalue weighted by Gasteiger charge is -2.36. The Bertz CT molecular complexity index is 1020. The predicted octanol–water partition coefficient (Wildman–Crippen LogP) is 3.89. The van der Waals surface area contributed by atoms with Crippen LogP contribution in [0.2, 0.25) is 5.02 Å². The summed E-state index contributed by atoms with van der Waals surface area (Å²) in [5.41, 5.74) is 2.84. The fourth-order valence-electron chi connectivity index (χ4n) is 3.62. The third-order valence-electron chi connectivity index (χ3n) is 5.21. The van der Waals surface area contributed by atoms with Crippen molar-refractivity contribution in [3.63, 3.8) is 0 Å². The molecule has 6 nitrogen and oxygen atoms in total. The Labute approximate surface area is 174 Å². The highest BCUT2D eigenvalue weighted by atomic mass is 35.5. The number of carbonyl (C=O) groups is 2. The summed E-state index contributed by atoms with van der Waals surface area (Å²) in [6.45, 7) is 2.82. The van der Waals surface area contributed by atoms with Crippen LogP contribution in [0.3, 0.4) is 0 Å². The van der Waals surface area contributed by atoms with Crippen LogP contribution >= 0.6 is 11.6 Å². The third-order valence-corrected chi connectivity index (χ3v) is 5.44. The number of hydrogen-bond acceptors (Lipinski definition) is 3. The minimum absolute atomic E-state index is 0.0204. The van der Waals surface area contributed by atoms with E-state index < -0.39 is 0 Å². The van der Waals surface area contributed by atoms with Gasteiger partial charge >= 0.3 is 0 Å². The number of anilines is 2. The zero-order chi connectivity index (χ0) is 20.2. The quantitative estimate of drug-likeness (QED) is 0.670. The van der Waals surface area contributed by atoms with Gasteiger partial charge in [-0.3, -0.25) is 9.59 Å². The van der Waals surface area contributed by atoms with Gasteiger partial charge in [-0.25, -0.2) is 0 Å². The molecule has 150 valence electrons. The Kier molecular flexibility index (Phi) is 5.71. The monoisotopic (exact) mass is 410 g/mol. The number of aromatic nitrogens is 1. The summed E-state index contributed by atoms with van der Waals surface area (Å²) >= 11 is 6.06. The summed E-state index contributed by atoms with van der Waals surface area (Å²) in [5.74, 6) is -0.127. The minimum atomic E-state index is -0.147. The van der Waals surface area contributed by atoms with Gasteiger partial charge in [-0.1, -0.05) is 17.7 Å². The van der Waals surface area contributed by atoms with Gasteiger partial charge in [0.15, 0.2) is 0 Å². The van der Waals surface area contributed by atoms with E-state index >= 15 is 0 Å². The maximum Gasteiger partial charge on any atom is 0.224 e. The molecular formula is C22H23ClN4O2. The van der Waals surface area contributed by atoms with E-state index in [4.69, 9.17) is 11.6 Å². The third kappa shape index (κ3) is 4.71. The van der Waals surface area contributed by atoms with Crippen LogP contribution < -0.4 is 10.2 Å². The molecule has 7 heteroatoms. The number of amides is 2. The zero-order valence-corrected chi connectivity index (χ0v) is 16.8. The summed E-state index contributed by atoms with van der Waals surface area (Å²) in [7, 11) is 0. The van der Waals surface area contributed by atoms with Gasteiger partial charge in [0, 0.05) is 72.5 Å². The topological polar surface area (TPSA) is 68.4 Å². The lowest BCUT2D eigenvalue weighted by atomic mass is 10.2. The average Bonchev–Trinajstić information content (AvgIpc) is 3.20. The highest BCUT2D eigenvalue weighted by Gasteiger charge is 2.21. The van der Waals surface area contributed by atoms with Crippen molar-refractivity contribution < 1.29 is 9.59 Å². The van der Waals surface area contributed by atoms with Crippen molar-refractivity contribution in [2.24, 2.45) is 0 Å². The van der Waals surface area contributed by atoms with Crippen molar-refractivity contribution in [2.75, 3.05) is 36.4 Å². The summed E-state index contributed by atoms with van der Waals surface area (Å²) in [6, 6.07) is 15.4. The smallest absolute Gasteiger partial charge is 0.224 e. The van der Waals surface area contributed by atoms with E-state index in [0.717, 1.165) is 35.4 Å². The first-order chi connectivity index (χ1) is 14.1. The first-order valence-corrected chi connectivity index (χ1v) is 10.1. The van der Waals surface area contributed by atoms with Gasteiger partial charge in [-0.05, 0) is 42.5 Å². The maximum atomic E-state index is 12.5. The van der Waals surface area contributed by atoms with Crippen LogP contribution in [0, 0.1) is 0 Å². The van der Waals surface area contributed by atoms with Gasteiger partial charge in [0.1, 0.15) is 0 Å². The number of rotatable bonds is 5. The molecule has 0 atom stereocenters. The second-order valence-corrected chi connectivity index (χ2v) is 7.61. The molecule has 1 fully saturated rings. The number of fused-ring (bicyclic) bond motifs is 1. The van der Waals surface area contributed by atoms with Crippen LogP contribution in [0.4, 0.5) is 11.4 Å². The van der Waals surface area contributed by atoms with E-state index in [0.29, 0.717) is 18.1 Å². The van der Waals surface area contributed by atoms with Crippen molar-refractivity contribution in [3.05, 3.63) is 59.8 Å². The molecular weight excluding hydrogens is 388 g/mol. The lowest BCUT2D eigenvalue weighted by Crippen LogP contribution is -2.48. The number of halogens is 1. The maximum absolute atomic E-state index is 12.5. The van der Waals surface area contributed by atoms with Crippen molar-refractivity contribution in [2.45, 2.75) is 12.8 Å². The molecule has 4 rings (SSSR count). The van der Waals surface area contributed by atoms with Crippen LogP contribution in [0.25, 0.3) is 10.9 Å². The molecule has 0 radical (unpaired) electrons. The number of piperazine rings is 1. The fraction of sp³-hybridized carbons (Fsp3) is 0.273. The number of nitrogens with one attached hydrogen (secondary N) is 2. The molecule has 0 aliphatic carbocycles. The summed E-state index contributed by atoms with van der Waals surface area (Å²) in [6.07, 6.45) is 2.26. The number of H-pyrrole nitrogens is 1. The van der Waals surface area contributed by atoms with Crippen LogP contribution in [0.15, 0.2) is 54.7 Å². The molecule has 2 aromatic carbocycles. The van der Waals surface area contributed by atoms with Crippen LogP contribution in [0.5, 0.6) is 0 Å². The Balaban J connectivity index is 1.24. The summed E-state index contributed by atoms with van der Waals surface area (Å²) < 4.78 is 0. The van der Waals surface area contributed by atoms with Gasteiger partial charge in [-0.2, -0.15) is 0 Å². The first-order valence-electron chi connectivity index (χ1n) is 9.74. The Morgan fingerprint density at radius 1 is 1.00 bits per heavy atom. The zero-order valence-electron chi connectivity index (χ0n) is 16.0. The standard InChI is InChI=1S/C22H23ClN4O2/c23-17-2-1-3-19(15-17)26-10-12-27(13-11-26)22(29)7-6-21(28)25-18-4-5-20-16(14-18)8-9-24-20/h1-5,8-9,14-15,24H,6-7,10-13H2,(H,25,28). The summed E-state index contributed by atoms with van der Waals surface area (Å²) in [5, 5.41) is 4.62. The fourth-order valence-corrected chi connectivity index (χ4v) is 3.80. The average molecular weight is 411 g/mol. The molecule has 1 aliphatic heterocycles. The number of nitrogens with zero attached hydrogens (tertiary/aromatic N) is 2. The normalized spacial score (nSPS) is 14.2. The van der Waals surface area contributed by atoms with Crippen molar-refractivity contribution in [3.8, 4) is 0 Å². The van der Waals surface area contributed by atoms with Gasteiger partial charge in [0.2, 0.25) is 11.8 Å². The SMILES string of the molecule is O=C(CCC(=O)N1CCN(c2cccc(Cl)c2)CC1)Nc1ccc2[nH]ccc2c1. The van der Waals surface area contributed by atoms with Crippen molar-refractivity contribution in [1.29, 1.82) is 0 Å². The number of carbonyl (C=O) groups excluding carboxylic acids is 2. The molecule has 2 heterocycles. The van der Waals surface area contributed by atoms with Crippen molar-refractivity contribution >= 4 is 45.7 Å². The van der Waals surface area contributed by atoms with Gasteiger partial charge in [0.25, 0.3) is 0 Å². The molecule has 29 heavy (non-hydrogen) atoms. The highest BCUT2D eigenvalue weighted by Crippen LogP contribution is 2.21. The predicted molar refractivity (Wildman–Crippen MR) is 116 cm³/mol. The Morgan fingerprint density at radius 2 is 1.83 bits per heavy atom. The molecule has 3 aromatic rings. The van der Waals surface area contributed by atoms with E-state index in [1.807, 2.05) is 59.6 Å². The van der Waals surface area contributed by atoms with Crippen LogP contribution in [0.1, 0.15) is 12.8 Å². The van der Waals surface area contributed by atoms with E-state index in [1.165, 1.54) is 0 Å². The first kappa shape index (κ1) is 19.3. The number of benzene rings is 2. The molecule has 1 saturated heterocycles. The molecule has 0 bridgehead atoms. The lowest BCUT2D eigenvalue weighted by molar-refractivity contribution is -0.133. The van der Waals surface area contributed by atoms with Crippen LogP contribution in [-0.2, 0) is 9.59 Å². The van der Waals surface area contributed by atoms with Crippen LogP contribution in [-0.4, -0.2) is 47.9 Å². The Morgan fingerprint density at radius 3 is 2.62 bits per heavy atom. The molecule has 0 saturated carbocycles. The van der Waals surface area contributed by atoms with Gasteiger partial charge < -0.3 is 20.1 Å². The number of aromatic amines is 1. The molecule has 1 aromatic heterocycles. The minimum Gasteiger partial charge on any atom is -0.368 e. The molecule has 2 N–H and O–H groups in total. The van der Waals surface area contributed by atoms with Gasteiger partial charge in [-0.15, -0.1) is 0 Å². The summed E-state index contributed by atoms with van der Waals surface area (Å²) in [4.78, 5) is 31.9. The molecule has 0 spiro atoms. The second-order valence-electron chi connectivity index (χ2n) is 7.18. The highest BCUT2D eigenvalue weighted by molar-refractivity contribution is 6.30. The molecule has 1 aliphatic rings. The molecule has 2 amide bonds. The van der Waals surface area contributed by atoms with Gasteiger partial charge in [0.05, 0.1) is 0 Å².